The van der Waals surface area contributed by atoms with Gasteiger partial charge in [0.2, 0.25) is 0 Å². The lowest BCUT2D eigenvalue weighted by Gasteiger charge is -2.22. The van der Waals surface area contributed by atoms with Crippen LogP contribution in [0.15, 0.2) is 54.6 Å². The molecule has 4 N–H and O–H groups in total. The van der Waals surface area contributed by atoms with Crippen molar-refractivity contribution < 1.29 is 9.53 Å². The van der Waals surface area contributed by atoms with E-state index in [0.717, 1.165) is 44.6 Å². The number of carbonyl (C=O) groups excluding carboxylic acids is 1. The summed E-state index contributed by atoms with van der Waals surface area (Å²) in [7, 11) is 0. The van der Waals surface area contributed by atoms with Gasteiger partial charge in [-0.3, -0.25) is 0 Å². The van der Waals surface area contributed by atoms with Gasteiger partial charge in [0.05, 0.1) is 0 Å². The molecule has 1 atom stereocenters. The Labute approximate surface area is 161 Å². The standard InChI is InChI=1S/C22H29N3O2/c23-20(15-17-5-2-1-3-6-17)9-12-24-22(26)25-21-8-4-7-19(16-21)18-10-13-27-14-11-18/h1-8,16,18,20H,9-15,23H2,(H2,24,25,26). The number of amides is 2. The topological polar surface area (TPSA) is 76.4 Å². The predicted molar refractivity (Wildman–Crippen MR) is 109 cm³/mol. The summed E-state index contributed by atoms with van der Waals surface area (Å²) in [5.41, 5.74) is 9.48. The van der Waals surface area contributed by atoms with Crippen LogP contribution in [0.25, 0.3) is 0 Å². The highest BCUT2D eigenvalue weighted by Gasteiger charge is 2.16. The maximum absolute atomic E-state index is 12.2. The molecule has 1 aliphatic rings. The van der Waals surface area contributed by atoms with Crippen LogP contribution in [-0.4, -0.2) is 31.8 Å². The number of urea groups is 1. The second-order valence-corrected chi connectivity index (χ2v) is 7.13. The minimum absolute atomic E-state index is 0.0320. The molecule has 2 amide bonds. The van der Waals surface area contributed by atoms with E-state index in [0.29, 0.717) is 12.5 Å². The third-order valence-electron chi connectivity index (χ3n) is 4.98. The molecule has 1 aliphatic heterocycles. The minimum Gasteiger partial charge on any atom is -0.381 e. The zero-order valence-corrected chi connectivity index (χ0v) is 15.7. The molecule has 0 radical (unpaired) electrons. The van der Waals surface area contributed by atoms with Gasteiger partial charge >= 0.3 is 6.03 Å². The number of carbonyl (C=O) groups is 1. The van der Waals surface area contributed by atoms with Gasteiger partial charge < -0.3 is 21.1 Å². The van der Waals surface area contributed by atoms with Crippen LogP contribution in [0, 0.1) is 0 Å². The van der Waals surface area contributed by atoms with Crippen LogP contribution in [0.5, 0.6) is 0 Å². The Bertz CT molecular complexity index is 715. The largest absolute Gasteiger partial charge is 0.381 e. The molecule has 144 valence electrons. The van der Waals surface area contributed by atoms with Gasteiger partial charge in [0.25, 0.3) is 0 Å². The molecular formula is C22H29N3O2. The second kappa shape index (κ2) is 10.1. The third kappa shape index (κ3) is 6.38. The van der Waals surface area contributed by atoms with Gasteiger partial charge in [-0.05, 0) is 54.9 Å². The Kier molecular flexibility index (Phi) is 7.25. The fourth-order valence-electron chi connectivity index (χ4n) is 3.47. The fraction of sp³-hybridized carbons (Fsp3) is 0.409. The van der Waals surface area contributed by atoms with Crippen LogP contribution in [0.1, 0.15) is 36.3 Å². The van der Waals surface area contributed by atoms with E-state index < -0.39 is 0 Å². The molecule has 0 aliphatic carbocycles. The van der Waals surface area contributed by atoms with Crippen molar-refractivity contribution in [3.63, 3.8) is 0 Å². The number of rotatable bonds is 7. The summed E-state index contributed by atoms with van der Waals surface area (Å²) in [6.07, 6.45) is 3.63. The van der Waals surface area contributed by atoms with Gasteiger partial charge in [-0.2, -0.15) is 0 Å². The number of nitrogens with two attached hydrogens (primary N) is 1. The summed E-state index contributed by atoms with van der Waals surface area (Å²) >= 11 is 0. The van der Waals surface area contributed by atoms with Gasteiger partial charge in [-0.25, -0.2) is 4.79 Å². The highest BCUT2D eigenvalue weighted by Crippen LogP contribution is 2.28. The van der Waals surface area contributed by atoms with Gasteiger partial charge in [0.15, 0.2) is 0 Å². The number of benzene rings is 2. The molecule has 0 aromatic heterocycles. The molecule has 1 unspecified atom stereocenters. The number of hydrogen-bond donors (Lipinski definition) is 3. The summed E-state index contributed by atoms with van der Waals surface area (Å²) in [6.45, 7) is 2.18. The molecule has 2 aromatic rings. The summed E-state index contributed by atoms with van der Waals surface area (Å²) in [4.78, 5) is 12.2. The minimum atomic E-state index is -0.189. The lowest BCUT2D eigenvalue weighted by atomic mass is 9.91. The lowest BCUT2D eigenvalue weighted by molar-refractivity contribution is 0.0853. The first-order chi connectivity index (χ1) is 13.2. The maximum Gasteiger partial charge on any atom is 0.319 e. The molecule has 5 heteroatoms. The van der Waals surface area contributed by atoms with Gasteiger partial charge in [-0.1, -0.05) is 42.5 Å². The lowest BCUT2D eigenvalue weighted by Crippen LogP contribution is -2.34. The highest BCUT2D eigenvalue weighted by molar-refractivity contribution is 5.89. The molecule has 0 bridgehead atoms. The van der Waals surface area contributed by atoms with Gasteiger partial charge in [0, 0.05) is 31.5 Å². The van der Waals surface area contributed by atoms with Crippen molar-refractivity contribution in [3.8, 4) is 0 Å². The second-order valence-electron chi connectivity index (χ2n) is 7.13. The van der Waals surface area contributed by atoms with Crippen molar-refractivity contribution in [1.82, 2.24) is 5.32 Å². The monoisotopic (exact) mass is 367 g/mol. The fourth-order valence-corrected chi connectivity index (χ4v) is 3.47. The van der Waals surface area contributed by atoms with Crippen LogP contribution in [0.4, 0.5) is 10.5 Å². The molecule has 3 rings (SSSR count). The first-order valence-corrected chi connectivity index (χ1v) is 9.73. The van der Waals surface area contributed by atoms with E-state index in [4.69, 9.17) is 10.5 Å². The average Bonchev–Trinajstić information content (AvgIpc) is 2.69. The van der Waals surface area contributed by atoms with E-state index in [2.05, 4.69) is 34.9 Å². The molecular weight excluding hydrogens is 338 g/mol. The Morgan fingerprint density at radius 1 is 1.11 bits per heavy atom. The SMILES string of the molecule is NC(CCNC(=O)Nc1cccc(C2CCOCC2)c1)Cc1ccccc1. The third-order valence-corrected chi connectivity index (χ3v) is 4.98. The zero-order chi connectivity index (χ0) is 18.9. The predicted octanol–water partition coefficient (Wildman–Crippen LogP) is 3.66. The van der Waals surface area contributed by atoms with E-state index >= 15 is 0 Å². The van der Waals surface area contributed by atoms with Crippen LogP contribution >= 0.6 is 0 Å². The van der Waals surface area contributed by atoms with Crippen LogP contribution in [0.2, 0.25) is 0 Å². The Morgan fingerprint density at radius 2 is 1.89 bits per heavy atom. The van der Waals surface area contributed by atoms with E-state index in [1.54, 1.807) is 0 Å². The molecule has 0 saturated carbocycles. The summed E-state index contributed by atoms with van der Waals surface area (Å²) in [5.74, 6) is 0.513. The van der Waals surface area contributed by atoms with Crippen molar-refractivity contribution in [2.24, 2.45) is 5.73 Å². The van der Waals surface area contributed by atoms with Crippen LogP contribution in [0.3, 0.4) is 0 Å². The average molecular weight is 367 g/mol. The van der Waals surface area contributed by atoms with Crippen molar-refractivity contribution in [3.05, 3.63) is 65.7 Å². The van der Waals surface area contributed by atoms with Crippen molar-refractivity contribution in [1.29, 1.82) is 0 Å². The smallest absolute Gasteiger partial charge is 0.319 e. The van der Waals surface area contributed by atoms with E-state index in [1.165, 1.54) is 11.1 Å². The molecule has 2 aromatic carbocycles. The molecule has 27 heavy (non-hydrogen) atoms. The van der Waals surface area contributed by atoms with Gasteiger partial charge in [-0.15, -0.1) is 0 Å². The number of hydrogen-bond acceptors (Lipinski definition) is 3. The number of ether oxygens (including phenoxy) is 1. The summed E-state index contributed by atoms with van der Waals surface area (Å²) < 4.78 is 5.43. The van der Waals surface area contributed by atoms with Crippen molar-refractivity contribution >= 4 is 11.7 Å². The van der Waals surface area contributed by atoms with Gasteiger partial charge in [0.1, 0.15) is 0 Å². The normalized spacial score (nSPS) is 15.9. The zero-order valence-electron chi connectivity index (χ0n) is 15.7. The first-order valence-electron chi connectivity index (χ1n) is 9.73. The molecule has 1 heterocycles. The summed E-state index contributed by atoms with van der Waals surface area (Å²) in [5, 5.41) is 5.82. The quantitative estimate of drug-likeness (QED) is 0.699. The van der Waals surface area contributed by atoms with Crippen molar-refractivity contribution in [2.75, 3.05) is 25.1 Å². The Morgan fingerprint density at radius 3 is 2.67 bits per heavy atom. The number of nitrogens with one attached hydrogen (secondary N) is 2. The highest BCUT2D eigenvalue weighted by atomic mass is 16.5. The molecule has 0 spiro atoms. The van der Waals surface area contributed by atoms with E-state index in [1.807, 2.05) is 30.3 Å². The molecule has 5 nitrogen and oxygen atoms in total. The molecule has 1 fully saturated rings. The number of anilines is 1. The van der Waals surface area contributed by atoms with E-state index in [9.17, 15) is 4.79 Å². The maximum atomic E-state index is 12.2. The summed E-state index contributed by atoms with van der Waals surface area (Å²) in [6, 6.07) is 18.1. The molecule has 1 saturated heterocycles. The Balaban J connectivity index is 1.41. The van der Waals surface area contributed by atoms with Crippen LogP contribution < -0.4 is 16.4 Å². The van der Waals surface area contributed by atoms with Crippen molar-refractivity contribution in [2.45, 2.75) is 37.6 Å². The Hall–Kier alpha value is -2.37. The van der Waals surface area contributed by atoms with Crippen LogP contribution in [-0.2, 0) is 11.2 Å². The first kappa shape index (κ1) is 19.4. The van der Waals surface area contributed by atoms with E-state index in [-0.39, 0.29) is 12.1 Å².